The predicted molar refractivity (Wildman–Crippen MR) is 137 cm³/mol. The summed E-state index contributed by atoms with van der Waals surface area (Å²) in [6.45, 7) is 5.14. The highest BCUT2D eigenvalue weighted by Crippen LogP contribution is 2.34. The van der Waals surface area contributed by atoms with E-state index in [4.69, 9.17) is 48.7 Å². The number of piperazine rings is 1. The lowest BCUT2D eigenvalue weighted by molar-refractivity contribution is 0.144. The average molecular weight is 498 g/mol. The Morgan fingerprint density at radius 3 is 2.44 bits per heavy atom. The van der Waals surface area contributed by atoms with Crippen LogP contribution in [-0.4, -0.2) is 71.1 Å². The van der Waals surface area contributed by atoms with Crippen molar-refractivity contribution in [2.45, 2.75) is 0 Å². The molecule has 8 nitrogen and oxygen atoms in total. The van der Waals surface area contributed by atoms with Gasteiger partial charge in [-0.25, -0.2) is 9.67 Å². The number of nitrogen functional groups attached to an aromatic ring is 1. The lowest BCUT2D eigenvalue weighted by Crippen LogP contribution is -2.47. The molecule has 1 fully saturated rings. The third-order valence-corrected chi connectivity index (χ3v) is 6.76. The van der Waals surface area contributed by atoms with Gasteiger partial charge in [0.15, 0.2) is 5.65 Å². The normalized spacial score (nSPS) is 14.7. The molecule has 1 saturated heterocycles. The van der Waals surface area contributed by atoms with Gasteiger partial charge >= 0.3 is 0 Å². The van der Waals surface area contributed by atoms with Crippen molar-refractivity contribution < 1.29 is 4.74 Å². The summed E-state index contributed by atoms with van der Waals surface area (Å²) in [5, 5.41) is 6.34. The highest BCUT2D eigenvalue weighted by atomic mass is 35.5. The van der Waals surface area contributed by atoms with Crippen molar-refractivity contribution in [1.82, 2.24) is 24.6 Å². The zero-order valence-corrected chi connectivity index (χ0v) is 20.3. The van der Waals surface area contributed by atoms with E-state index >= 15 is 0 Å². The van der Waals surface area contributed by atoms with Crippen LogP contribution in [0, 0.1) is 0 Å². The van der Waals surface area contributed by atoms with Crippen LogP contribution in [0.2, 0.25) is 10.0 Å². The molecule has 0 aliphatic carbocycles. The molecule has 34 heavy (non-hydrogen) atoms. The quantitative estimate of drug-likeness (QED) is 0.428. The molecule has 2 N–H and O–H groups in total. The molecule has 0 saturated carbocycles. The van der Waals surface area contributed by atoms with Crippen molar-refractivity contribution in [2.24, 2.45) is 0 Å². The van der Waals surface area contributed by atoms with E-state index in [1.165, 1.54) is 0 Å². The third-order valence-electron chi connectivity index (χ3n) is 6.02. The van der Waals surface area contributed by atoms with Gasteiger partial charge in [0.05, 0.1) is 33.4 Å². The minimum Gasteiger partial charge on any atom is -0.383 e. The Labute approximate surface area is 207 Å². The minimum absolute atomic E-state index is 0.430. The summed E-state index contributed by atoms with van der Waals surface area (Å²) >= 11 is 12.4. The molecule has 0 radical (unpaired) electrons. The Hall–Kier alpha value is -2.91. The molecule has 0 atom stereocenters. The van der Waals surface area contributed by atoms with Gasteiger partial charge in [-0.2, -0.15) is 4.98 Å². The van der Waals surface area contributed by atoms with Crippen LogP contribution in [0.25, 0.3) is 28.0 Å². The van der Waals surface area contributed by atoms with E-state index < -0.39 is 0 Å². The Bertz CT molecular complexity index is 1300. The second kappa shape index (κ2) is 9.76. The van der Waals surface area contributed by atoms with Crippen molar-refractivity contribution in [3.8, 4) is 16.9 Å². The monoisotopic (exact) mass is 497 g/mol. The maximum atomic E-state index is 6.60. The molecule has 3 heterocycles. The number of ether oxygens (including phenoxy) is 1. The van der Waals surface area contributed by atoms with Gasteiger partial charge in [0, 0.05) is 45.4 Å². The lowest BCUT2D eigenvalue weighted by atomic mass is 10.1. The van der Waals surface area contributed by atoms with Gasteiger partial charge in [-0.05, 0) is 18.2 Å². The summed E-state index contributed by atoms with van der Waals surface area (Å²) in [4.78, 5) is 14.4. The van der Waals surface area contributed by atoms with E-state index in [-0.39, 0.29) is 0 Å². The van der Waals surface area contributed by atoms with E-state index in [0.29, 0.717) is 38.5 Å². The number of methoxy groups -OCH3 is 1. The number of anilines is 2. The van der Waals surface area contributed by atoms with Gasteiger partial charge in [-0.15, -0.1) is 5.10 Å². The van der Waals surface area contributed by atoms with E-state index in [9.17, 15) is 0 Å². The molecule has 0 bridgehead atoms. The molecule has 1 aliphatic heterocycles. The van der Waals surface area contributed by atoms with Crippen molar-refractivity contribution in [3.63, 3.8) is 0 Å². The molecule has 0 amide bonds. The second-order valence-corrected chi connectivity index (χ2v) is 8.97. The third kappa shape index (κ3) is 4.42. The van der Waals surface area contributed by atoms with E-state index in [0.717, 1.165) is 50.6 Å². The smallest absolute Gasteiger partial charge is 0.228 e. The van der Waals surface area contributed by atoms with Crippen LogP contribution in [0.15, 0.2) is 48.5 Å². The van der Waals surface area contributed by atoms with E-state index in [2.05, 4.69) is 9.80 Å². The van der Waals surface area contributed by atoms with Crippen molar-refractivity contribution >= 4 is 46.0 Å². The molecule has 10 heteroatoms. The standard InChI is InChI=1S/C24H25Cl2N7O/c1-34-14-13-31-9-11-32(12-10-31)24-28-21(16-5-3-2-4-6-16)20-22(27)33(30-23(20)29-24)17-7-8-18(25)19(26)15-17/h2-8,15H,9-14,27H2,1H3. The van der Waals surface area contributed by atoms with Crippen LogP contribution in [0.1, 0.15) is 0 Å². The molecule has 176 valence electrons. The Balaban J connectivity index is 1.58. The number of fused-ring (bicyclic) bond motifs is 1. The molecule has 0 spiro atoms. The van der Waals surface area contributed by atoms with Crippen molar-refractivity contribution in [3.05, 3.63) is 58.6 Å². The van der Waals surface area contributed by atoms with Gasteiger partial charge in [0.2, 0.25) is 5.95 Å². The number of nitrogens with zero attached hydrogens (tertiary/aromatic N) is 6. The van der Waals surface area contributed by atoms with Gasteiger partial charge in [0.1, 0.15) is 5.82 Å². The summed E-state index contributed by atoms with van der Waals surface area (Å²) in [6, 6.07) is 15.3. The summed E-state index contributed by atoms with van der Waals surface area (Å²) < 4.78 is 6.85. The van der Waals surface area contributed by atoms with Crippen LogP contribution in [0.5, 0.6) is 0 Å². The van der Waals surface area contributed by atoms with Crippen LogP contribution in [0.4, 0.5) is 11.8 Å². The number of benzene rings is 2. The van der Waals surface area contributed by atoms with Gasteiger partial charge in [0.25, 0.3) is 0 Å². The first-order valence-corrected chi connectivity index (χ1v) is 11.8. The topological polar surface area (TPSA) is 85.3 Å². The fraction of sp³-hybridized carbons (Fsp3) is 0.292. The summed E-state index contributed by atoms with van der Waals surface area (Å²) in [7, 11) is 1.73. The Morgan fingerprint density at radius 1 is 0.971 bits per heavy atom. The lowest BCUT2D eigenvalue weighted by Gasteiger charge is -2.34. The Kier molecular flexibility index (Phi) is 6.56. The highest BCUT2D eigenvalue weighted by molar-refractivity contribution is 6.42. The van der Waals surface area contributed by atoms with Crippen molar-refractivity contribution in [1.29, 1.82) is 0 Å². The van der Waals surface area contributed by atoms with Gasteiger partial charge < -0.3 is 15.4 Å². The van der Waals surface area contributed by atoms with Gasteiger partial charge in [-0.1, -0.05) is 53.5 Å². The maximum absolute atomic E-state index is 6.60. The second-order valence-electron chi connectivity index (χ2n) is 8.15. The fourth-order valence-corrected chi connectivity index (χ4v) is 4.44. The first kappa shape index (κ1) is 22.9. The molecule has 2 aromatic heterocycles. The zero-order chi connectivity index (χ0) is 23.7. The maximum Gasteiger partial charge on any atom is 0.228 e. The number of rotatable bonds is 6. The first-order valence-electron chi connectivity index (χ1n) is 11.1. The molecule has 1 aliphatic rings. The van der Waals surface area contributed by atoms with Crippen LogP contribution in [-0.2, 0) is 4.74 Å². The summed E-state index contributed by atoms with van der Waals surface area (Å²) in [6.07, 6.45) is 0. The number of hydrogen-bond donors (Lipinski definition) is 1. The molecular formula is C24H25Cl2N7O. The van der Waals surface area contributed by atoms with Crippen LogP contribution in [0.3, 0.4) is 0 Å². The molecule has 2 aromatic carbocycles. The Morgan fingerprint density at radius 2 is 1.74 bits per heavy atom. The largest absolute Gasteiger partial charge is 0.383 e. The average Bonchev–Trinajstić information content (AvgIpc) is 3.21. The van der Waals surface area contributed by atoms with Crippen molar-refractivity contribution in [2.75, 3.05) is 57.1 Å². The molecule has 4 aromatic rings. The van der Waals surface area contributed by atoms with Crippen LogP contribution >= 0.6 is 23.2 Å². The van der Waals surface area contributed by atoms with E-state index in [1.54, 1.807) is 23.9 Å². The highest BCUT2D eigenvalue weighted by Gasteiger charge is 2.24. The summed E-state index contributed by atoms with van der Waals surface area (Å²) in [5.74, 6) is 1.10. The zero-order valence-electron chi connectivity index (χ0n) is 18.8. The molecule has 0 unspecified atom stereocenters. The first-order chi connectivity index (χ1) is 16.5. The number of aromatic nitrogens is 4. The molecule has 5 rings (SSSR count). The van der Waals surface area contributed by atoms with Gasteiger partial charge in [-0.3, -0.25) is 4.90 Å². The predicted octanol–water partition coefficient (Wildman–Crippen LogP) is 4.14. The minimum atomic E-state index is 0.430. The van der Waals surface area contributed by atoms with E-state index in [1.807, 2.05) is 36.4 Å². The molecular weight excluding hydrogens is 473 g/mol. The van der Waals surface area contributed by atoms with Crippen LogP contribution < -0.4 is 10.6 Å². The number of hydrogen-bond acceptors (Lipinski definition) is 7. The number of halogens is 2. The number of nitrogens with two attached hydrogens (primary N) is 1. The summed E-state index contributed by atoms with van der Waals surface area (Å²) in [5.41, 5.74) is 9.55. The fourth-order valence-electron chi connectivity index (χ4n) is 4.15. The SMILES string of the molecule is COCCN1CCN(c2nc(-c3ccccc3)c3c(N)n(-c4ccc(Cl)c(Cl)c4)nc3n2)CC1.